The summed E-state index contributed by atoms with van der Waals surface area (Å²) in [5.41, 5.74) is 9.87. The average Bonchev–Trinajstić information content (AvgIpc) is 3.78. The summed E-state index contributed by atoms with van der Waals surface area (Å²) < 4.78 is 2.40. The van der Waals surface area contributed by atoms with Gasteiger partial charge in [0.2, 0.25) is 0 Å². The third-order valence-corrected chi connectivity index (χ3v) is 10.6. The van der Waals surface area contributed by atoms with Crippen molar-refractivity contribution in [1.82, 2.24) is 15.0 Å². The second-order valence-electron chi connectivity index (χ2n) is 11.4. The second kappa shape index (κ2) is 11.6. The number of hydrogen-bond donors (Lipinski definition) is 0. The van der Waals surface area contributed by atoms with E-state index in [1.54, 1.807) is 22.7 Å². The predicted molar refractivity (Wildman–Crippen MR) is 199 cm³/mol. The van der Waals surface area contributed by atoms with Gasteiger partial charge in [-0.05, 0) is 114 Å². The number of benzene rings is 6. The maximum absolute atomic E-state index is 4.88. The van der Waals surface area contributed by atoms with Crippen molar-refractivity contribution in [3.8, 4) is 32.3 Å². The molecule has 3 aromatic heterocycles. The molecule has 0 aliphatic rings. The molecular weight excluding hydrogens is 613 g/mol. The normalized spacial score (nSPS) is 11.4. The van der Waals surface area contributed by atoms with Gasteiger partial charge in [0, 0.05) is 46.0 Å². The summed E-state index contributed by atoms with van der Waals surface area (Å²) in [7, 11) is 0. The Morgan fingerprint density at radius 1 is 0.426 bits per heavy atom. The first kappa shape index (κ1) is 27.6. The summed E-state index contributed by atoms with van der Waals surface area (Å²) >= 11 is 3.45. The van der Waals surface area contributed by atoms with Gasteiger partial charge in [-0.3, -0.25) is 4.98 Å². The standard InChI is InChI=1S/C41H26N4S2/c1-3-7-38-36(5-1)43-40(46-38)29-13-19-34(20-14-29)45(35-21-15-30(16-22-35)41-44-37-6-2-4-8-39(37)47-41)33-17-11-27(12-18-33)31-10-9-28-23-24-42-26-32(28)25-31/h1-26H. The van der Waals surface area contributed by atoms with E-state index in [0.717, 1.165) is 60.2 Å². The van der Waals surface area contributed by atoms with Crippen molar-refractivity contribution in [2.75, 3.05) is 4.90 Å². The number of fused-ring (bicyclic) bond motifs is 3. The third kappa shape index (κ3) is 5.23. The summed E-state index contributed by atoms with van der Waals surface area (Å²) in [6.07, 6.45) is 3.76. The number of rotatable bonds is 6. The molecule has 0 aliphatic carbocycles. The first-order valence-corrected chi connectivity index (χ1v) is 17.0. The van der Waals surface area contributed by atoms with E-state index in [1.165, 1.54) is 20.3 Å². The van der Waals surface area contributed by atoms with E-state index in [-0.39, 0.29) is 0 Å². The first-order valence-electron chi connectivity index (χ1n) is 15.4. The van der Waals surface area contributed by atoms with Crippen molar-refractivity contribution < 1.29 is 0 Å². The highest BCUT2D eigenvalue weighted by atomic mass is 32.1. The minimum absolute atomic E-state index is 1.03. The Bertz CT molecular complexity index is 2330. The smallest absolute Gasteiger partial charge is 0.124 e. The highest BCUT2D eigenvalue weighted by Gasteiger charge is 2.15. The van der Waals surface area contributed by atoms with Gasteiger partial charge in [0.15, 0.2) is 0 Å². The lowest BCUT2D eigenvalue weighted by molar-refractivity contribution is 1.28. The molecule has 9 rings (SSSR count). The van der Waals surface area contributed by atoms with Crippen molar-refractivity contribution in [3.63, 3.8) is 0 Å². The predicted octanol–water partition coefficient (Wildman–Crippen LogP) is 11.9. The zero-order valence-corrected chi connectivity index (χ0v) is 26.7. The largest absolute Gasteiger partial charge is 0.311 e. The van der Waals surface area contributed by atoms with Gasteiger partial charge in [-0.2, -0.15) is 0 Å². The maximum Gasteiger partial charge on any atom is 0.124 e. The molecule has 0 bridgehead atoms. The molecule has 0 radical (unpaired) electrons. The molecule has 0 aliphatic heterocycles. The Labute approximate surface area is 279 Å². The highest BCUT2D eigenvalue weighted by Crippen LogP contribution is 2.39. The molecule has 9 aromatic rings. The fourth-order valence-corrected chi connectivity index (χ4v) is 7.95. The van der Waals surface area contributed by atoms with E-state index in [9.17, 15) is 0 Å². The Hall–Kier alpha value is -5.69. The molecule has 0 fully saturated rings. The minimum Gasteiger partial charge on any atom is -0.311 e. The zero-order valence-electron chi connectivity index (χ0n) is 25.1. The SMILES string of the molecule is c1ccc2sc(-c3ccc(N(c4ccc(-c5ccc6ccncc6c5)cc4)c4ccc(-c5nc6ccccc6s5)cc4)cc3)nc2c1. The van der Waals surface area contributed by atoms with Crippen LogP contribution in [-0.4, -0.2) is 15.0 Å². The summed E-state index contributed by atoms with van der Waals surface area (Å²) in [5, 5.41) is 4.38. The number of hydrogen-bond acceptors (Lipinski definition) is 6. The molecule has 0 atom stereocenters. The van der Waals surface area contributed by atoms with Crippen molar-refractivity contribution in [3.05, 3.63) is 158 Å². The molecule has 0 unspecified atom stereocenters. The van der Waals surface area contributed by atoms with Gasteiger partial charge in [-0.1, -0.05) is 48.5 Å². The maximum atomic E-state index is 4.88. The van der Waals surface area contributed by atoms with E-state index >= 15 is 0 Å². The van der Waals surface area contributed by atoms with Gasteiger partial charge in [0.05, 0.1) is 20.4 Å². The van der Waals surface area contributed by atoms with Crippen LogP contribution in [0.5, 0.6) is 0 Å². The van der Waals surface area contributed by atoms with Gasteiger partial charge >= 0.3 is 0 Å². The van der Waals surface area contributed by atoms with E-state index in [1.807, 2.05) is 30.6 Å². The van der Waals surface area contributed by atoms with Crippen molar-refractivity contribution in [2.24, 2.45) is 0 Å². The fourth-order valence-electron chi connectivity index (χ4n) is 6.01. The highest BCUT2D eigenvalue weighted by molar-refractivity contribution is 7.22. The summed E-state index contributed by atoms with van der Waals surface area (Å²) in [6.45, 7) is 0. The van der Waals surface area contributed by atoms with Crippen LogP contribution < -0.4 is 4.90 Å². The molecular formula is C41H26N4S2. The van der Waals surface area contributed by atoms with Crippen LogP contribution in [0.2, 0.25) is 0 Å². The minimum atomic E-state index is 1.03. The topological polar surface area (TPSA) is 41.9 Å². The molecule has 222 valence electrons. The van der Waals surface area contributed by atoms with Crippen molar-refractivity contribution in [2.45, 2.75) is 0 Å². The van der Waals surface area contributed by atoms with Gasteiger partial charge < -0.3 is 4.90 Å². The van der Waals surface area contributed by atoms with Crippen LogP contribution in [0.15, 0.2) is 158 Å². The average molecular weight is 639 g/mol. The molecule has 6 heteroatoms. The lowest BCUT2D eigenvalue weighted by Crippen LogP contribution is -2.09. The Kier molecular flexibility index (Phi) is 6.81. The Morgan fingerprint density at radius 2 is 0.915 bits per heavy atom. The molecule has 0 amide bonds. The lowest BCUT2D eigenvalue weighted by Gasteiger charge is -2.26. The number of pyridine rings is 1. The lowest BCUT2D eigenvalue weighted by atomic mass is 10.0. The van der Waals surface area contributed by atoms with Crippen LogP contribution in [0.1, 0.15) is 0 Å². The van der Waals surface area contributed by atoms with Crippen LogP contribution in [-0.2, 0) is 0 Å². The molecule has 0 saturated carbocycles. The summed E-state index contributed by atoms with van der Waals surface area (Å²) in [6, 6.07) is 51.4. The number of anilines is 3. The first-order chi connectivity index (χ1) is 23.2. The monoisotopic (exact) mass is 638 g/mol. The van der Waals surface area contributed by atoms with Crippen LogP contribution in [0, 0.1) is 0 Å². The molecule has 47 heavy (non-hydrogen) atoms. The Balaban J connectivity index is 1.09. The molecule has 3 heterocycles. The van der Waals surface area contributed by atoms with E-state index in [4.69, 9.17) is 9.97 Å². The Morgan fingerprint density at radius 3 is 1.45 bits per heavy atom. The number of thiazole rings is 2. The van der Waals surface area contributed by atoms with Crippen molar-refractivity contribution in [1.29, 1.82) is 0 Å². The van der Waals surface area contributed by atoms with Gasteiger partial charge in [0.25, 0.3) is 0 Å². The van der Waals surface area contributed by atoms with Crippen LogP contribution in [0.25, 0.3) is 63.5 Å². The number of nitrogens with zero attached hydrogens (tertiary/aromatic N) is 4. The zero-order chi connectivity index (χ0) is 31.2. The second-order valence-corrected chi connectivity index (χ2v) is 13.4. The van der Waals surface area contributed by atoms with Crippen LogP contribution in [0.3, 0.4) is 0 Å². The number of para-hydroxylation sites is 2. The van der Waals surface area contributed by atoms with Crippen molar-refractivity contribution >= 4 is 70.9 Å². The van der Waals surface area contributed by atoms with E-state index in [2.05, 4.69) is 137 Å². The third-order valence-electron chi connectivity index (χ3n) is 8.43. The van der Waals surface area contributed by atoms with Crippen LogP contribution in [0.4, 0.5) is 17.1 Å². The van der Waals surface area contributed by atoms with Gasteiger partial charge in [0.1, 0.15) is 10.0 Å². The summed E-state index contributed by atoms with van der Waals surface area (Å²) in [5.74, 6) is 0. The summed E-state index contributed by atoms with van der Waals surface area (Å²) in [4.78, 5) is 16.4. The fraction of sp³-hybridized carbons (Fsp3) is 0. The molecule has 4 nitrogen and oxygen atoms in total. The van der Waals surface area contributed by atoms with Gasteiger partial charge in [-0.25, -0.2) is 9.97 Å². The molecule has 0 N–H and O–H groups in total. The quantitative estimate of drug-likeness (QED) is 0.182. The van der Waals surface area contributed by atoms with E-state index in [0.29, 0.717) is 0 Å². The van der Waals surface area contributed by atoms with Crippen LogP contribution >= 0.6 is 22.7 Å². The molecule has 0 saturated heterocycles. The van der Waals surface area contributed by atoms with Gasteiger partial charge in [-0.15, -0.1) is 22.7 Å². The number of aromatic nitrogens is 3. The van der Waals surface area contributed by atoms with E-state index < -0.39 is 0 Å². The molecule has 6 aromatic carbocycles. The molecule has 0 spiro atoms.